The van der Waals surface area contributed by atoms with Crippen LogP contribution >= 0.6 is 11.8 Å². The number of nitro groups is 1. The number of benzene rings is 2. The Labute approximate surface area is 195 Å². The molecule has 2 fully saturated rings. The van der Waals surface area contributed by atoms with Crippen molar-refractivity contribution < 1.29 is 19.2 Å². The summed E-state index contributed by atoms with van der Waals surface area (Å²) in [5, 5.41) is 13.7. The second kappa shape index (κ2) is 9.22. The Morgan fingerprint density at radius 1 is 1.27 bits per heavy atom. The number of carbonyl (C=O) groups excluding carboxylic acids is 2. The third-order valence-electron chi connectivity index (χ3n) is 5.56. The molecule has 10 heteroatoms. The number of hydrogen-bond acceptors (Lipinski definition) is 7. The van der Waals surface area contributed by atoms with Crippen LogP contribution in [0.2, 0.25) is 0 Å². The zero-order valence-corrected chi connectivity index (χ0v) is 19.3. The molecule has 1 aliphatic carbocycles. The van der Waals surface area contributed by atoms with Crippen molar-refractivity contribution in [1.29, 1.82) is 0 Å². The quantitative estimate of drug-likeness (QED) is 0.477. The van der Waals surface area contributed by atoms with Gasteiger partial charge in [-0.2, -0.15) is 0 Å². The number of non-ortho nitro benzene ring substituents is 1. The smallest absolute Gasteiger partial charge is 0.271 e. The van der Waals surface area contributed by atoms with Gasteiger partial charge in [0.15, 0.2) is 5.17 Å². The van der Waals surface area contributed by atoms with E-state index < -0.39 is 16.1 Å². The molecular formula is C23H24N4O5S. The number of amides is 2. The Balaban J connectivity index is 1.54. The average molecular weight is 469 g/mol. The first-order valence-corrected chi connectivity index (χ1v) is 11.4. The second-order valence-corrected chi connectivity index (χ2v) is 9.24. The van der Waals surface area contributed by atoms with Crippen LogP contribution in [0, 0.1) is 24.0 Å². The van der Waals surface area contributed by atoms with Crippen molar-refractivity contribution in [2.24, 2.45) is 4.99 Å². The molecule has 1 heterocycles. The first-order valence-electron chi connectivity index (χ1n) is 10.6. The van der Waals surface area contributed by atoms with E-state index in [0.29, 0.717) is 10.9 Å². The van der Waals surface area contributed by atoms with Gasteiger partial charge in [0.2, 0.25) is 11.8 Å². The van der Waals surface area contributed by atoms with Crippen LogP contribution in [0.4, 0.5) is 17.1 Å². The lowest BCUT2D eigenvalue weighted by atomic mass is 10.1. The van der Waals surface area contributed by atoms with Gasteiger partial charge < -0.3 is 10.1 Å². The van der Waals surface area contributed by atoms with Gasteiger partial charge in [-0.05, 0) is 43.9 Å². The molecule has 2 aromatic rings. The number of methoxy groups -OCH3 is 1. The molecule has 172 valence electrons. The molecule has 0 spiro atoms. The van der Waals surface area contributed by atoms with Crippen molar-refractivity contribution in [3.05, 3.63) is 57.6 Å². The lowest BCUT2D eigenvalue weighted by Crippen LogP contribution is -2.35. The summed E-state index contributed by atoms with van der Waals surface area (Å²) in [5.41, 5.74) is 2.90. The van der Waals surface area contributed by atoms with E-state index in [-0.39, 0.29) is 29.7 Å². The molecule has 0 radical (unpaired) electrons. The van der Waals surface area contributed by atoms with Crippen LogP contribution < -0.4 is 10.1 Å². The Hall–Kier alpha value is -3.40. The maximum atomic E-state index is 13.1. The Bertz CT molecular complexity index is 1140. The summed E-state index contributed by atoms with van der Waals surface area (Å²) in [4.78, 5) is 43.0. The molecule has 1 saturated heterocycles. The van der Waals surface area contributed by atoms with Crippen LogP contribution in [0.15, 0.2) is 41.4 Å². The van der Waals surface area contributed by atoms with Crippen molar-refractivity contribution in [3.63, 3.8) is 0 Å². The number of amidine groups is 1. The van der Waals surface area contributed by atoms with E-state index in [1.165, 1.54) is 37.1 Å². The van der Waals surface area contributed by atoms with Gasteiger partial charge in [0.05, 0.1) is 23.4 Å². The molecule has 1 atom stereocenters. The average Bonchev–Trinajstić information content (AvgIpc) is 3.56. The van der Waals surface area contributed by atoms with E-state index in [4.69, 9.17) is 9.73 Å². The number of rotatable bonds is 7. The topological polar surface area (TPSA) is 114 Å². The summed E-state index contributed by atoms with van der Waals surface area (Å²) in [7, 11) is 1.41. The molecule has 9 nitrogen and oxygen atoms in total. The van der Waals surface area contributed by atoms with Crippen molar-refractivity contribution in [3.8, 4) is 5.75 Å². The summed E-state index contributed by atoms with van der Waals surface area (Å²) < 4.78 is 5.20. The monoisotopic (exact) mass is 468 g/mol. The molecule has 33 heavy (non-hydrogen) atoms. The van der Waals surface area contributed by atoms with Crippen LogP contribution in [0.3, 0.4) is 0 Å². The van der Waals surface area contributed by atoms with Crippen molar-refractivity contribution in [2.45, 2.75) is 44.4 Å². The number of thioether (sulfide) groups is 1. The zero-order chi connectivity index (χ0) is 23.7. The third-order valence-corrected chi connectivity index (χ3v) is 6.72. The number of aliphatic imine (C=N–C) groups is 1. The second-order valence-electron chi connectivity index (χ2n) is 8.07. The van der Waals surface area contributed by atoms with E-state index in [9.17, 15) is 19.7 Å². The number of nitrogens with zero attached hydrogens (tertiary/aromatic N) is 3. The number of para-hydroxylation sites is 1. The maximum Gasteiger partial charge on any atom is 0.271 e. The van der Waals surface area contributed by atoms with E-state index in [2.05, 4.69) is 5.32 Å². The van der Waals surface area contributed by atoms with Gasteiger partial charge in [-0.1, -0.05) is 30.0 Å². The lowest BCUT2D eigenvalue weighted by molar-refractivity contribution is -0.384. The molecule has 2 aliphatic rings. The Morgan fingerprint density at radius 2 is 1.97 bits per heavy atom. The summed E-state index contributed by atoms with van der Waals surface area (Å²) in [6, 6.07) is 10.0. The van der Waals surface area contributed by atoms with E-state index in [1.807, 2.05) is 32.0 Å². The van der Waals surface area contributed by atoms with Crippen LogP contribution in [-0.4, -0.2) is 45.2 Å². The van der Waals surface area contributed by atoms with Gasteiger partial charge in [0, 0.05) is 24.6 Å². The molecule has 0 unspecified atom stereocenters. The highest BCUT2D eigenvalue weighted by molar-refractivity contribution is 8.15. The van der Waals surface area contributed by atoms with Gasteiger partial charge in [-0.3, -0.25) is 24.6 Å². The zero-order valence-electron chi connectivity index (χ0n) is 18.5. The summed E-state index contributed by atoms with van der Waals surface area (Å²) in [6.07, 6.45) is 1.76. The lowest BCUT2D eigenvalue weighted by Gasteiger charge is -2.16. The number of aryl methyl sites for hydroxylation is 2. The van der Waals surface area contributed by atoms with E-state index in [0.717, 1.165) is 29.7 Å². The molecule has 1 aliphatic heterocycles. The third kappa shape index (κ3) is 4.85. The van der Waals surface area contributed by atoms with Crippen LogP contribution in [0.5, 0.6) is 5.75 Å². The van der Waals surface area contributed by atoms with Crippen molar-refractivity contribution in [1.82, 2.24) is 4.90 Å². The molecule has 0 bridgehead atoms. The highest BCUT2D eigenvalue weighted by Crippen LogP contribution is 2.40. The van der Waals surface area contributed by atoms with Gasteiger partial charge in [-0.15, -0.1) is 0 Å². The SMILES string of the molecule is COc1ccc([N+](=O)[O-])cc1NC(=O)C[C@H]1SC(=Nc2c(C)cccc2C)N(C2CC2)C1=O. The first kappa shape index (κ1) is 22.8. The van der Waals surface area contributed by atoms with E-state index in [1.54, 1.807) is 4.90 Å². The molecular weight excluding hydrogens is 444 g/mol. The van der Waals surface area contributed by atoms with Gasteiger partial charge in [0.1, 0.15) is 11.0 Å². The number of ether oxygens (including phenoxy) is 1. The van der Waals surface area contributed by atoms with Gasteiger partial charge >= 0.3 is 0 Å². The first-order chi connectivity index (χ1) is 15.8. The van der Waals surface area contributed by atoms with Gasteiger partial charge in [0.25, 0.3) is 5.69 Å². The van der Waals surface area contributed by atoms with Crippen molar-refractivity contribution >= 4 is 45.8 Å². The van der Waals surface area contributed by atoms with Crippen LogP contribution in [0.25, 0.3) is 0 Å². The summed E-state index contributed by atoms with van der Waals surface area (Å²) >= 11 is 1.29. The molecule has 2 amide bonds. The molecule has 4 rings (SSSR count). The Morgan fingerprint density at radius 3 is 2.58 bits per heavy atom. The predicted octanol–water partition coefficient (Wildman–Crippen LogP) is 4.34. The number of hydrogen-bond donors (Lipinski definition) is 1. The largest absolute Gasteiger partial charge is 0.495 e. The minimum atomic E-state index is -0.613. The fourth-order valence-corrected chi connectivity index (χ4v) is 4.92. The number of carbonyl (C=O) groups is 2. The van der Waals surface area contributed by atoms with E-state index >= 15 is 0 Å². The number of nitro benzene ring substituents is 1. The molecule has 0 aromatic heterocycles. The van der Waals surface area contributed by atoms with Crippen LogP contribution in [-0.2, 0) is 9.59 Å². The highest BCUT2D eigenvalue weighted by atomic mass is 32.2. The number of nitrogens with one attached hydrogen (secondary N) is 1. The minimum absolute atomic E-state index is 0.0790. The summed E-state index contributed by atoms with van der Waals surface area (Å²) in [6.45, 7) is 3.96. The molecule has 1 saturated carbocycles. The normalized spacial score (nSPS) is 19.1. The minimum Gasteiger partial charge on any atom is -0.495 e. The predicted molar refractivity (Wildman–Crippen MR) is 127 cm³/mol. The molecule has 1 N–H and O–H groups in total. The fourth-order valence-electron chi connectivity index (χ4n) is 3.72. The van der Waals surface area contributed by atoms with Crippen LogP contribution in [0.1, 0.15) is 30.4 Å². The highest BCUT2D eigenvalue weighted by Gasteiger charge is 2.46. The van der Waals surface area contributed by atoms with Crippen molar-refractivity contribution in [2.75, 3.05) is 12.4 Å². The molecule has 2 aromatic carbocycles. The fraction of sp³-hybridized carbons (Fsp3) is 0.348. The maximum absolute atomic E-state index is 13.1. The summed E-state index contributed by atoms with van der Waals surface area (Å²) in [5.74, 6) is -0.256. The standard InChI is InChI=1S/C23H24N4O5S/c1-13-5-4-6-14(2)21(13)25-23-26(15-7-8-15)22(29)19(33-23)12-20(28)24-17-11-16(27(30)31)9-10-18(17)32-3/h4-6,9-11,15,19H,7-8,12H2,1-3H3,(H,24,28)/t19-/m1/s1. The Kier molecular flexibility index (Phi) is 6.37. The van der Waals surface area contributed by atoms with Gasteiger partial charge in [-0.25, -0.2) is 4.99 Å². The number of anilines is 1.